The number of halogens is 1. The van der Waals surface area contributed by atoms with Crippen molar-refractivity contribution < 1.29 is 4.79 Å². The average Bonchev–Trinajstić information content (AvgIpc) is 2.38. The molecule has 1 amide bonds. The summed E-state index contributed by atoms with van der Waals surface area (Å²) in [6.45, 7) is 3.03. The van der Waals surface area contributed by atoms with Gasteiger partial charge in [-0.3, -0.25) is 4.79 Å². The van der Waals surface area contributed by atoms with Crippen molar-refractivity contribution >= 4 is 23.2 Å². The number of anilines is 1. The third kappa shape index (κ3) is 3.64. The Morgan fingerprint density at radius 2 is 2.28 bits per heavy atom. The molecule has 0 aromatic heterocycles. The van der Waals surface area contributed by atoms with Gasteiger partial charge in [0.25, 0.3) is 0 Å². The maximum Gasteiger partial charge on any atom is 0.239 e. The molecule has 0 saturated carbocycles. The first kappa shape index (κ1) is 14.3. The van der Waals surface area contributed by atoms with Crippen molar-refractivity contribution in [2.24, 2.45) is 0 Å². The fourth-order valence-electron chi connectivity index (χ4n) is 1.64. The first-order valence-electron chi connectivity index (χ1n) is 5.77. The van der Waals surface area contributed by atoms with E-state index in [2.05, 4.69) is 5.32 Å². The van der Waals surface area contributed by atoms with Crippen molar-refractivity contribution in [3.8, 4) is 6.07 Å². The van der Waals surface area contributed by atoms with Crippen LogP contribution in [-0.4, -0.2) is 26.0 Å². The Bertz CT molecular complexity index is 468. The van der Waals surface area contributed by atoms with Gasteiger partial charge in [0.2, 0.25) is 5.91 Å². The molecule has 1 rings (SSSR count). The number of carbonyl (C=O) groups excluding carboxylic acids is 1. The second-order valence-corrected chi connectivity index (χ2v) is 4.28. The molecule has 0 fully saturated rings. The highest BCUT2D eigenvalue weighted by atomic mass is 35.5. The van der Waals surface area contributed by atoms with E-state index >= 15 is 0 Å². The van der Waals surface area contributed by atoms with Crippen molar-refractivity contribution in [2.75, 3.05) is 25.0 Å². The molecular weight excluding hydrogens is 250 g/mol. The number of nitriles is 1. The molecule has 1 N–H and O–H groups in total. The van der Waals surface area contributed by atoms with E-state index in [0.717, 1.165) is 18.7 Å². The van der Waals surface area contributed by atoms with Crippen LogP contribution in [-0.2, 0) is 4.79 Å². The van der Waals surface area contributed by atoms with E-state index in [4.69, 9.17) is 16.9 Å². The fourth-order valence-corrected chi connectivity index (χ4v) is 1.94. The van der Waals surface area contributed by atoms with Gasteiger partial charge < -0.3 is 10.2 Å². The summed E-state index contributed by atoms with van der Waals surface area (Å²) in [5, 5.41) is 11.9. The fraction of sp³-hybridized carbons (Fsp3) is 0.385. The lowest BCUT2D eigenvalue weighted by atomic mass is 10.2. The minimum atomic E-state index is -0.0659. The van der Waals surface area contributed by atoms with Crippen LogP contribution in [0.4, 0.5) is 5.69 Å². The molecule has 18 heavy (non-hydrogen) atoms. The molecule has 0 bridgehead atoms. The molecule has 1 aromatic rings. The van der Waals surface area contributed by atoms with Crippen molar-refractivity contribution in [1.29, 1.82) is 5.26 Å². The van der Waals surface area contributed by atoms with E-state index in [0.29, 0.717) is 10.6 Å². The summed E-state index contributed by atoms with van der Waals surface area (Å²) >= 11 is 6.14. The van der Waals surface area contributed by atoms with Crippen LogP contribution in [0, 0.1) is 11.3 Å². The summed E-state index contributed by atoms with van der Waals surface area (Å²) < 4.78 is 0. The molecule has 1 aromatic carbocycles. The van der Waals surface area contributed by atoms with Crippen LogP contribution < -0.4 is 10.2 Å². The van der Waals surface area contributed by atoms with Gasteiger partial charge in [0.15, 0.2) is 0 Å². The lowest BCUT2D eigenvalue weighted by molar-refractivity contribution is -0.119. The van der Waals surface area contributed by atoms with E-state index in [-0.39, 0.29) is 12.5 Å². The number of hydrogen-bond donors (Lipinski definition) is 1. The zero-order valence-electron chi connectivity index (χ0n) is 10.5. The predicted molar refractivity (Wildman–Crippen MR) is 72.7 cm³/mol. The first-order valence-corrected chi connectivity index (χ1v) is 6.15. The van der Waals surface area contributed by atoms with Crippen LogP contribution in [0.3, 0.4) is 0 Å². The van der Waals surface area contributed by atoms with Gasteiger partial charge in [0.05, 0.1) is 28.9 Å². The summed E-state index contributed by atoms with van der Waals surface area (Å²) in [6, 6.07) is 7.13. The number of carbonyl (C=O) groups is 1. The largest absolute Gasteiger partial charge is 0.361 e. The normalized spacial score (nSPS) is 9.67. The number of amides is 1. The summed E-state index contributed by atoms with van der Waals surface area (Å²) in [5.41, 5.74) is 1.29. The molecule has 0 aliphatic carbocycles. The average molecular weight is 266 g/mol. The van der Waals surface area contributed by atoms with Crippen LogP contribution in [0.5, 0.6) is 0 Å². The Balaban J connectivity index is 2.98. The lowest BCUT2D eigenvalue weighted by Crippen LogP contribution is -2.36. The molecule has 0 aliphatic rings. The number of likely N-dealkylation sites (N-methyl/N-ethyl adjacent to an activating group) is 1. The molecule has 0 heterocycles. The zero-order chi connectivity index (χ0) is 13.5. The SMILES string of the molecule is CCCN(CC(=O)NC)c1ccc(C#N)cc1Cl. The van der Waals surface area contributed by atoms with Crippen molar-refractivity contribution in [3.63, 3.8) is 0 Å². The second-order valence-electron chi connectivity index (χ2n) is 3.87. The maximum absolute atomic E-state index is 11.5. The smallest absolute Gasteiger partial charge is 0.239 e. The number of nitrogens with one attached hydrogen (secondary N) is 1. The third-order valence-corrected chi connectivity index (χ3v) is 2.83. The maximum atomic E-state index is 11.5. The van der Waals surface area contributed by atoms with Crippen LogP contribution >= 0.6 is 11.6 Å². The van der Waals surface area contributed by atoms with Crippen LogP contribution in [0.15, 0.2) is 18.2 Å². The topological polar surface area (TPSA) is 56.1 Å². The highest BCUT2D eigenvalue weighted by molar-refractivity contribution is 6.33. The number of hydrogen-bond acceptors (Lipinski definition) is 3. The standard InChI is InChI=1S/C13H16ClN3O/c1-3-6-17(9-13(18)16-2)12-5-4-10(8-15)7-11(12)14/h4-5,7H,3,6,9H2,1-2H3,(H,16,18). The quantitative estimate of drug-likeness (QED) is 0.888. The Morgan fingerprint density at radius 3 is 2.78 bits per heavy atom. The Labute approximate surface area is 112 Å². The first-order chi connectivity index (χ1) is 8.62. The minimum Gasteiger partial charge on any atom is -0.361 e. The van der Waals surface area contributed by atoms with Gasteiger partial charge in [0, 0.05) is 13.6 Å². The van der Waals surface area contributed by atoms with Gasteiger partial charge in [0.1, 0.15) is 0 Å². The van der Waals surface area contributed by atoms with E-state index in [1.54, 1.807) is 25.2 Å². The van der Waals surface area contributed by atoms with Crippen molar-refractivity contribution in [3.05, 3.63) is 28.8 Å². The van der Waals surface area contributed by atoms with Gasteiger partial charge in [-0.15, -0.1) is 0 Å². The summed E-state index contributed by atoms with van der Waals surface area (Å²) in [7, 11) is 1.60. The molecule has 0 atom stereocenters. The molecule has 5 heteroatoms. The van der Waals surface area contributed by atoms with E-state index < -0.39 is 0 Å². The van der Waals surface area contributed by atoms with E-state index in [1.165, 1.54) is 0 Å². The number of nitrogens with zero attached hydrogens (tertiary/aromatic N) is 2. The van der Waals surface area contributed by atoms with Crippen LogP contribution in [0.1, 0.15) is 18.9 Å². The highest BCUT2D eigenvalue weighted by Crippen LogP contribution is 2.26. The lowest BCUT2D eigenvalue weighted by Gasteiger charge is -2.24. The molecule has 0 aliphatic heterocycles. The van der Waals surface area contributed by atoms with Crippen LogP contribution in [0.25, 0.3) is 0 Å². The van der Waals surface area contributed by atoms with Gasteiger partial charge in [-0.25, -0.2) is 0 Å². The second kappa shape index (κ2) is 6.87. The third-order valence-electron chi connectivity index (χ3n) is 2.52. The summed E-state index contributed by atoms with van der Waals surface area (Å²) in [6.07, 6.45) is 0.910. The van der Waals surface area contributed by atoms with Crippen LogP contribution in [0.2, 0.25) is 5.02 Å². The highest BCUT2D eigenvalue weighted by Gasteiger charge is 2.13. The van der Waals surface area contributed by atoms with Gasteiger partial charge in [-0.2, -0.15) is 5.26 Å². The summed E-state index contributed by atoms with van der Waals surface area (Å²) in [5.74, 6) is -0.0659. The summed E-state index contributed by atoms with van der Waals surface area (Å²) in [4.78, 5) is 13.4. The Kier molecular flexibility index (Phi) is 5.47. The molecule has 4 nitrogen and oxygen atoms in total. The van der Waals surface area contributed by atoms with Crippen molar-refractivity contribution in [2.45, 2.75) is 13.3 Å². The molecule has 0 radical (unpaired) electrons. The molecule has 0 spiro atoms. The monoisotopic (exact) mass is 265 g/mol. The Morgan fingerprint density at radius 1 is 1.56 bits per heavy atom. The molecule has 96 valence electrons. The molecular formula is C13H16ClN3O. The van der Waals surface area contributed by atoms with Gasteiger partial charge in [-0.1, -0.05) is 18.5 Å². The molecule has 0 saturated heterocycles. The zero-order valence-corrected chi connectivity index (χ0v) is 11.3. The Hall–Kier alpha value is -1.73. The molecule has 0 unspecified atom stereocenters. The van der Waals surface area contributed by atoms with Gasteiger partial charge in [-0.05, 0) is 24.6 Å². The van der Waals surface area contributed by atoms with E-state index in [9.17, 15) is 4.79 Å². The predicted octanol–water partition coefficient (Wildman–Crippen LogP) is 2.17. The minimum absolute atomic E-state index is 0.0659. The number of rotatable bonds is 5. The van der Waals surface area contributed by atoms with E-state index in [1.807, 2.05) is 17.9 Å². The van der Waals surface area contributed by atoms with Gasteiger partial charge >= 0.3 is 0 Å². The number of benzene rings is 1. The van der Waals surface area contributed by atoms with Crippen molar-refractivity contribution in [1.82, 2.24) is 5.32 Å².